The lowest BCUT2D eigenvalue weighted by Crippen LogP contribution is -1.98. The average Bonchev–Trinajstić information content (AvgIpc) is 2.96. The molecule has 0 fully saturated rings. The van der Waals surface area contributed by atoms with E-state index >= 15 is 0 Å². The molecule has 0 atom stereocenters. The van der Waals surface area contributed by atoms with E-state index in [1.807, 2.05) is 54.6 Å². The second-order valence-corrected chi connectivity index (χ2v) is 5.79. The standard InChI is InChI=1S/C20H14N2O3/c23-12-13-8-10-14(11-9-13)21-20-16-5-2-1-4-15(16)19-17(20)6-3-7-18(19)22(24)25/h1-11,23H,12H2. The van der Waals surface area contributed by atoms with Crippen molar-refractivity contribution in [1.29, 1.82) is 0 Å². The molecule has 0 aliphatic heterocycles. The number of hydrogen-bond acceptors (Lipinski definition) is 4. The van der Waals surface area contributed by atoms with Crippen LogP contribution in [0.25, 0.3) is 11.1 Å². The third kappa shape index (κ3) is 2.51. The lowest BCUT2D eigenvalue weighted by molar-refractivity contribution is -0.384. The summed E-state index contributed by atoms with van der Waals surface area (Å²) in [6.07, 6.45) is 0. The topological polar surface area (TPSA) is 75.7 Å². The highest BCUT2D eigenvalue weighted by Crippen LogP contribution is 2.43. The number of benzene rings is 3. The monoisotopic (exact) mass is 330 g/mol. The summed E-state index contributed by atoms with van der Waals surface area (Å²) in [5.74, 6) is 0. The van der Waals surface area contributed by atoms with Crippen LogP contribution in [-0.4, -0.2) is 15.7 Å². The molecule has 0 unspecified atom stereocenters. The molecule has 4 rings (SSSR count). The van der Waals surface area contributed by atoms with Gasteiger partial charge in [-0.2, -0.15) is 0 Å². The van der Waals surface area contributed by atoms with Crippen molar-refractivity contribution in [2.45, 2.75) is 6.61 Å². The fourth-order valence-electron chi connectivity index (χ4n) is 3.15. The first-order valence-corrected chi connectivity index (χ1v) is 7.85. The smallest absolute Gasteiger partial charge is 0.277 e. The van der Waals surface area contributed by atoms with Gasteiger partial charge in [0.2, 0.25) is 0 Å². The summed E-state index contributed by atoms with van der Waals surface area (Å²) >= 11 is 0. The SMILES string of the molecule is O=[N+]([O-])c1cccc2c1-c1ccccc1C2=Nc1ccc(CO)cc1. The molecule has 3 aromatic carbocycles. The molecule has 0 amide bonds. The minimum Gasteiger partial charge on any atom is -0.392 e. The van der Waals surface area contributed by atoms with Crippen LogP contribution >= 0.6 is 0 Å². The molecular formula is C20H14N2O3. The summed E-state index contributed by atoms with van der Waals surface area (Å²) in [6, 6.07) is 20.0. The minimum absolute atomic E-state index is 0.0191. The molecule has 0 saturated heterocycles. The molecule has 0 heterocycles. The third-order valence-electron chi connectivity index (χ3n) is 4.31. The first kappa shape index (κ1) is 15.2. The Bertz CT molecular complexity index is 1010. The van der Waals surface area contributed by atoms with Gasteiger partial charge in [0.1, 0.15) is 0 Å². The fraction of sp³-hybridized carbons (Fsp3) is 0.0500. The second kappa shape index (κ2) is 5.96. The summed E-state index contributed by atoms with van der Waals surface area (Å²) < 4.78 is 0. The number of aliphatic hydroxyl groups excluding tert-OH is 1. The van der Waals surface area contributed by atoms with Gasteiger partial charge in [0.25, 0.3) is 5.69 Å². The number of nitrogens with zero attached hydrogens (tertiary/aromatic N) is 2. The van der Waals surface area contributed by atoms with Crippen LogP contribution in [0, 0.1) is 10.1 Å². The zero-order valence-electron chi connectivity index (χ0n) is 13.2. The van der Waals surface area contributed by atoms with Crippen LogP contribution < -0.4 is 0 Å². The van der Waals surface area contributed by atoms with Crippen molar-refractivity contribution >= 4 is 17.1 Å². The highest BCUT2D eigenvalue weighted by molar-refractivity contribution is 6.26. The molecule has 1 aliphatic rings. The Morgan fingerprint density at radius 2 is 1.56 bits per heavy atom. The molecule has 0 aromatic heterocycles. The van der Waals surface area contributed by atoms with E-state index in [0.717, 1.165) is 33.7 Å². The molecule has 1 aliphatic carbocycles. The maximum atomic E-state index is 11.4. The predicted molar refractivity (Wildman–Crippen MR) is 96.2 cm³/mol. The van der Waals surface area contributed by atoms with E-state index in [9.17, 15) is 10.1 Å². The van der Waals surface area contributed by atoms with Crippen molar-refractivity contribution in [1.82, 2.24) is 0 Å². The highest BCUT2D eigenvalue weighted by Gasteiger charge is 2.31. The molecule has 0 saturated carbocycles. The van der Waals surface area contributed by atoms with Crippen LogP contribution in [0.1, 0.15) is 16.7 Å². The van der Waals surface area contributed by atoms with E-state index in [0.29, 0.717) is 5.56 Å². The highest BCUT2D eigenvalue weighted by atomic mass is 16.6. The summed E-state index contributed by atoms with van der Waals surface area (Å²) in [6.45, 7) is -0.0191. The van der Waals surface area contributed by atoms with Gasteiger partial charge in [-0.3, -0.25) is 10.1 Å². The van der Waals surface area contributed by atoms with Crippen LogP contribution in [0.15, 0.2) is 71.7 Å². The first-order valence-electron chi connectivity index (χ1n) is 7.85. The average molecular weight is 330 g/mol. The van der Waals surface area contributed by atoms with Gasteiger partial charge in [-0.05, 0) is 23.3 Å². The number of fused-ring (bicyclic) bond motifs is 3. The lowest BCUT2D eigenvalue weighted by atomic mass is 10.0. The van der Waals surface area contributed by atoms with E-state index < -0.39 is 0 Å². The zero-order valence-corrected chi connectivity index (χ0v) is 13.2. The number of aliphatic hydroxyl groups is 1. The van der Waals surface area contributed by atoms with Gasteiger partial charge in [-0.1, -0.05) is 48.5 Å². The normalized spacial score (nSPS) is 13.6. The Labute approximate surface area is 144 Å². The van der Waals surface area contributed by atoms with Crippen molar-refractivity contribution in [3.63, 3.8) is 0 Å². The number of nitro benzene ring substituents is 1. The van der Waals surface area contributed by atoms with Crippen molar-refractivity contribution in [3.05, 3.63) is 93.5 Å². The van der Waals surface area contributed by atoms with Crippen LogP contribution in [0.3, 0.4) is 0 Å². The summed E-state index contributed by atoms with van der Waals surface area (Å²) in [5, 5.41) is 20.6. The van der Waals surface area contributed by atoms with Crippen molar-refractivity contribution in [2.75, 3.05) is 0 Å². The Morgan fingerprint density at radius 3 is 2.24 bits per heavy atom. The molecule has 25 heavy (non-hydrogen) atoms. The lowest BCUT2D eigenvalue weighted by Gasteiger charge is -2.03. The number of rotatable bonds is 3. The van der Waals surface area contributed by atoms with Gasteiger partial charge < -0.3 is 5.11 Å². The molecule has 5 heteroatoms. The van der Waals surface area contributed by atoms with Crippen LogP contribution in [0.2, 0.25) is 0 Å². The summed E-state index contributed by atoms with van der Waals surface area (Å²) in [5.41, 5.74) is 5.47. The van der Waals surface area contributed by atoms with Gasteiger partial charge >= 0.3 is 0 Å². The predicted octanol–water partition coefficient (Wildman–Crippen LogP) is 4.24. The fourth-order valence-corrected chi connectivity index (χ4v) is 3.15. The van der Waals surface area contributed by atoms with Gasteiger partial charge in [-0.15, -0.1) is 0 Å². The van der Waals surface area contributed by atoms with E-state index in [-0.39, 0.29) is 17.2 Å². The molecule has 0 radical (unpaired) electrons. The maximum Gasteiger partial charge on any atom is 0.277 e. The van der Waals surface area contributed by atoms with Gasteiger partial charge in [0.05, 0.1) is 28.5 Å². The Morgan fingerprint density at radius 1 is 0.880 bits per heavy atom. The largest absolute Gasteiger partial charge is 0.392 e. The molecule has 3 aromatic rings. The van der Waals surface area contributed by atoms with Gasteiger partial charge in [0.15, 0.2) is 0 Å². The van der Waals surface area contributed by atoms with E-state index in [2.05, 4.69) is 0 Å². The molecule has 0 spiro atoms. The number of aliphatic imine (C=N–C) groups is 1. The molecule has 5 nitrogen and oxygen atoms in total. The Hall–Kier alpha value is -3.31. The van der Waals surface area contributed by atoms with Crippen molar-refractivity contribution < 1.29 is 10.0 Å². The van der Waals surface area contributed by atoms with Crippen LogP contribution in [0.4, 0.5) is 11.4 Å². The van der Waals surface area contributed by atoms with E-state index in [4.69, 9.17) is 10.1 Å². The van der Waals surface area contributed by atoms with Crippen molar-refractivity contribution in [3.8, 4) is 11.1 Å². The van der Waals surface area contributed by atoms with Gasteiger partial charge in [-0.25, -0.2) is 4.99 Å². The first-order chi connectivity index (χ1) is 12.2. The Kier molecular flexibility index (Phi) is 3.63. The van der Waals surface area contributed by atoms with Crippen LogP contribution in [0.5, 0.6) is 0 Å². The Balaban J connectivity index is 1.94. The molecule has 0 bridgehead atoms. The van der Waals surface area contributed by atoms with Crippen molar-refractivity contribution in [2.24, 2.45) is 4.99 Å². The number of hydrogen-bond donors (Lipinski definition) is 1. The molecule has 1 N–H and O–H groups in total. The quantitative estimate of drug-likeness (QED) is 0.451. The summed E-state index contributed by atoms with van der Waals surface area (Å²) in [7, 11) is 0. The van der Waals surface area contributed by atoms with E-state index in [1.165, 1.54) is 6.07 Å². The third-order valence-corrected chi connectivity index (χ3v) is 4.31. The molecule has 122 valence electrons. The maximum absolute atomic E-state index is 11.4. The van der Waals surface area contributed by atoms with Crippen LogP contribution in [-0.2, 0) is 6.61 Å². The number of nitro groups is 1. The second-order valence-electron chi connectivity index (χ2n) is 5.79. The zero-order chi connectivity index (χ0) is 17.4. The molecular weight excluding hydrogens is 316 g/mol. The minimum atomic E-state index is -0.353. The van der Waals surface area contributed by atoms with E-state index in [1.54, 1.807) is 6.07 Å². The summed E-state index contributed by atoms with van der Waals surface area (Å²) in [4.78, 5) is 15.8. The van der Waals surface area contributed by atoms with Gasteiger partial charge in [0, 0.05) is 17.2 Å².